The molecule has 3 heteroatoms. The summed E-state index contributed by atoms with van der Waals surface area (Å²) in [5, 5.41) is 0. The van der Waals surface area contributed by atoms with E-state index in [-0.39, 0.29) is 0 Å². The number of hydrogen-bond acceptors (Lipinski definition) is 1. The number of aromatic nitrogens is 2. The van der Waals surface area contributed by atoms with Crippen molar-refractivity contribution in [2.45, 2.75) is 6.92 Å². The summed E-state index contributed by atoms with van der Waals surface area (Å²) < 4.78 is 15.5. The van der Waals surface area contributed by atoms with Crippen molar-refractivity contribution in [1.29, 1.82) is 0 Å². The van der Waals surface area contributed by atoms with Crippen LogP contribution >= 0.6 is 0 Å². The highest BCUT2D eigenvalue weighted by Crippen LogP contribution is 2.21. The minimum absolute atomic E-state index is 0.420. The van der Waals surface area contributed by atoms with Crippen molar-refractivity contribution in [1.82, 2.24) is 4.98 Å². The molecule has 2 aromatic rings. The molecule has 0 bridgehead atoms. The van der Waals surface area contributed by atoms with E-state index in [0.717, 1.165) is 11.3 Å². The van der Waals surface area contributed by atoms with Gasteiger partial charge in [0.1, 0.15) is 12.6 Å². The first-order chi connectivity index (χ1) is 7.20. The molecule has 2 rings (SSSR count). The number of nitrogens with zero attached hydrogens (tertiary/aromatic N) is 2. The number of rotatable bonds is 1. The van der Waals surface area contributed by atoms with E-state index in [2.05, 4.69) is 4.98 Å². The summed E-state index contributed by atoms with van der Waals surface area (Å²) in [6.07, 6.45) is 3.37. The van der Waals surface area contributed by atoms with Crippen LogP contribution in [0.25, 0.3) is 11.3 Å². The van der Waals surface area contributed by atoms with E-state index in [1.54, 1.807) is 0 Å². The topological polar surface area (TPSA) is 16.8 Å². The fourth-order valence-electron chi connectivity index (χ4n) is 1.62. The van der Waals surface area contributed by atoms with Gasteiger partial charge in [-0.05, 0) is 24.6 Å². The van der Waals surface area contributed by atoms with Crippen molar-refractivity contribution < 1.29 is 8.96 Å². The first kappa shape index (κ1) is 9.77. The molecule has 0 aliphatic carbocycles. The number of aryl methyl sites for hydroxylation is 2. The van der Waals surface area contributed by atoms with Crippen molar-refractivity contribution in [2.24, 2.45) is 7.05 Å². The lowest BCUT2D eigenvalue weighted by molar-refractivity contribution is -0.660. The van der Waals surface area contributed by atoms with Crippen LogP contribution < -0.4 is 4.57 Å². The average Bonchev–Trinajstić information content (AvgIpc) is 2.20. The van der Waals surface area contributed by atoms with Crippen LogP contribution in [-0.2, 0) is 7.05 Å². The molecule has 0 aromatic carbocycles. The zero-order valence-electron chi connectivity index (χ0n) is 8.74. The summed E-state index contributed by atoms with van der Waals surface area (Å²) >= 11 is 0. The van der Waals surface area contributed by atoms with E-state index in [1.807, 2.05) is 49.0 Å². The Morgan fingerprint density at radius 3 is 2.73 bits per heavy atom. The highest BCUT2D eigenvalue weighted by atomic mass is 19.1. The summed E-state index contributed by atoms with van der Waals surface area (Å²) in [7, 11) is 1.89. The van der Waals surface area contributed by atoms with Gasteiger partial charge in [0.25, 0.3) is 0 Å². The molecule has 0 atom stereocenters. The maximum Gasteiger partial charge on any atom is 0.227 e. The Balaban J connectivity index is 2.69. The van der Waals surface area contributed by atoms with Crippen LogP contribution in [0, 0.1) is 12.9 Å². The number of halogens is 1. The lowest BCUT2D eigenvalue weighted by Crippen LogP contribution is -2.30. The minimum atomic E-state index is -0.420. The van der Waals surface area contributed by atoms with Crippen LogP contribution in [0.15, 0.2) is 36.7 Å². The number of hydrogen-bond donors (Lipinski definition) is 0. The number of pyridine rings is 2. The SMILES string of the molecule is Cc1ccnc(F)c1-c1cccc[n+]1C. The molecule has 76 valence electrons. The Hall–Kier alpha value is -1.77. The second-order valence-corrected chi connectivity index (χ2v) is 3.49. The standard InChI is InChI=1S/C12H12FN2/c1-9-6-7-14-12(13)11(9)10-5-3-4-8-15(10)2/h3-8H,1-2H3/q+1. The Morgan fingerprint density at radius 1 is 1.27 bits per heavy atom. The predicted octanol–water partition coefficient (Wildman–Crippen LogP) is 2.02. The maximum absolute atomic E-state index is 13.6. The molecule has 0 saturated carbocycles. The average molecular weight is 203 g/mol. The lowest BCUT2D eigenvalue weighted by Gasteiger charge is -2.03. The zero-order valence-corrected chi connectivity index (χ0v) is 8.74. The molecule has 2 heterocycles. The van der Waals surface area contributed by atoms with Crippen LogP contribution in [0.3, 0.4) is 0 Å². The van der Waals surface area contributed by atoms with E-state index in [1.165, 1.54) is 6.20 Å². The Morgan fingerprint density at radius 2 is 2.07 bits per heavy atom. The van der Waals surface area contributed by atoms with Gasteiger partial charge in [-0.1, -0.05) is 0 Å². The summed E-state index contributed by atoms with van der Waals surface area (Å²) in [6, 6.07) is 7.49. The molecule has 15 heavy (non-hydrogen) atoms. The third kappa shape index (κ3) is 1.73. The second-order valence-electron chi connectivity index (χ2n) is 3.49. The van der Waals surface area contributed by atoms with E-state index in [0.29, 0.717) is 5.56 Å². The van der Waals surface area contributed by atoms with Gasteiger partial charge >= 0.3 is 0 Å². The summed E-state index contributed by atoms with van der Waals surface area (Å²) in [4.78, 5) is 3.68. The molecular formula is C12H12FN2+. The van der Waals surface area contributed by atoms with Gasteiger partial charge in [0.15, 0.2) is 6.20 Å². The monoisotopic (exact) mass is 203 g/mol. The molecule has 0 fully saturated rings. The molecule has 2 aromatic heterocycles. The van der Waals surface area contributed by atoms with Gasteiger partial charge in [-0.2, -0.15) is 4.39 Å². The molecule has 2 nitrogen and oxygen atoms in total. The van der Waals surface area contributed by atoms with Gasteiger partial charge < -0.3 is 0 Å². The van der Waals surface area contributed by atoms with Crippen LogP contribution in [0.5, 0.6) is 0 Å². The van der Waals surface area contributed by atoms with E-state index < -0.39 is 5.95 Å². The van der Waals surface area contributed by atoms with Gasteiger partial charge in [0.2, 0.25) is 11.6 Å². The van der Waals surface area contributed by atoms with Crippen LogP contribution in [-0.4, -0.2) is 4.98 Å². The van der Waals surface area contributed by atoms with Crippen LogP contribution in [0.2, 0.25) is 0 Å². The first-order valence-corrected chi connectivity index (χ1v) is 4.76. The second kappa shape index (κ2) is 3.77. The van der Waals surface area contributed by atoms with Crippen molar-refractivity contribution >= 4 is 0 Å². The Labute approximate surface area is 88.0 Å². The van der Waals surface area contributed by atoms with Crippen molar-refractivity contribution in [3.8, 4) is 11.3 Å². The Kier molecular flexibility index (Phi) is 2.46. The van der Waals surface area contributed by atoms with E-state index in [4.69, 9.17) is 0 Å². The van der Waals surface area contributed by atoms with Crippen LogP contribution in [0.1, 0.15) is 5.56 Å². The van der Waals surface area contributed by atoms with E-state index in [9.17, 15) is 4.39 Å². The summed E-state index contributed by atoms with van der Waals surface area (Å²) in [5.41, 5.74) is 2.30. The lowest BCUT2D eigenvalue weighted by atomic mass is 10.1. The normalized spacial score (nSPS) is 10.3. The van der Waals surface area contributed by atoms with Crippen molar-refractivity contribution in [2.75, 3.05) is 0 Å². The molecule has 0 aliphatic heterocycles. The molecule has 0 aliphatic rings. The molecule has 0 radical (unpaired) electrons. The molecule has 0 saturated heterocycles. The fourth-order valence-corrected chi connectivity index (χ4v) is 1.62. The van der Waals surface area contributed by atoms with Gasteiger partial charge in [0.05, 0.1) is 0 Å². The summed E-state index contributed by atoms with van der Waals surface area (Å²) in [6.45, 7) is 1.88. The van der Waals surface area contributed by atoms with Gasteiger partial charge in [-0.25, -0.2) is 9.55 Å². The largest absolute Gasteiger partial charge is 0.228 e. The van der Waals surface area contributed by atoms with Gasteiger partial charge in [0, 0.05) is 18.3 Å². The van der Waals surface area contributed by atoms with Crippen molar-refractivity contribution in [3.63, 3.8) is 0 Å². The quantitative estimate of drug-likeness (QED) is 0.512. The van der Waals surface area contributed by atoms with Crippen molar-refractivity contribution in [3.05, 3.63) is 48.2 Å². The smallest absolute Gasteiger partial charge is 0.227 e. The molecule has 0 spiro atoms. The highest BCUT2D eigenvalue weighted by molar-refractivity contribution is 5.59. The molecule has 0 N–H and O–H groups in total. The first-order valence-electron chi connectivity index (χ1n) is 4.76. The predicted molar refractivity (Wildman–Crippen MR) is 55.5 cm³/mol. The third-order valence-electron chi connectivity index (χ3n) is 2.42. The molecular weight excluding hydrogens is 191 g/mol. The minimum Gasteiger partial charge on any atom is -0.228 e. The Bertz CT molecular complexity index is 474. The highest BCUT2D eigenvalue weighted by Gasteiger charge is 2.16. The molecule has 0 amide bonds. The molecule has 0 unspecified atom stereocenters. The fraction of sp³-hybridized carbons (Fsp3) is 0.167. The third-order valence-corrected chi connectivity index (χ3v) is 2.42. The van der Waals surface area contributed by atoms with Crippen LogP contribution in [0.4, 0.5) is 4.39 Å². The maximum atomic E-state index is 13.6. The van der Waals surface area contributed by atoms with E-state index >= 15 is 0 Å². The van der Waals surface area contributed by atoms with Gasteiger partial charge in [-0.15, -0.1) is 0 Å². The van der Waals surface area contributed by atoms with Gasteiger partial charge in [-0.3, -0.25) is 0 Å². The summed E-state index contributed by atoms with van der Waals surface area (Å²) in [5.74, 6) is -0.420. The zero-order chi connectivity index (χ0) is 10.8.